The van der Waals surface area contributed by atoms with E-state index in [1.54, 1.807) is 24.5 Å². The molecule has 0 spiro atoms. The molecule has 1 aromatic heterocycles. The van der Waals surface area contributed by atoms with Gasteiger partial charge in [-0.1, -0.05) is 13.8 Å². The van der Waals surface area contributed by atoms with Crippen molar-refractivity contribution in [2.45, 2.75) is 0 Å². The van der Waals surface area contributed by atoms with Crippen LogP contribution >= 0.6 is 7.92 Å². The molecule has 0 unspecified atom stereocenters. The van der Waals surface area contributed by atoms with Crippen LogP contribution in [0, 0.1) is 18.2 Å². The van der Waals surface area contributed by atoms with Crippen LogP contribution < -0.4 is 10.6 Å². The molecule has 0 amide bonds. The molecule has 0 fully saturated rings. The van der Waals surface area contributed by atoms with Crippen molar-refractivity contribution in [2.24, 2.45) is 0 Å². The van der Waals surface area contributed by atoms with Gasteiger partial charge < -0.3 is 5.32 Å². The molecule has 1 aromatic carbocycles. The maximum Gasteiger partial charge on any atom is 0.147 e. The highest BCUT2D eigenvalue weighted by Gasteiger charge is 2.09. The Morgan fingerprint density at radius 3 is 2.68 bits per heavy atom. The Bertz CT molecular complexity index is 632. The number of pyridine rings is 1. The normalized spacial score (nSPS) is 10.3. The summed E-state index contributed by atoms with van der Waals surface area (Å²) in [5, 5.41) is 4.24. The number of terminal acetylenes is 1. The quantitative estimate of drug-likeness (QED) is 0.685. The van der Waals surface area contributed by atoms with Crippen LogP contribution in [0.25, 0.3) is 0 Å². The minimum absolute atomic E-state index is 0.289. The SMILES string of the molecule is C#Cc1ccc(Nc2cnccc2P(C)C)c(F)c1. The van der Waals surface area contributed by atoms with Gasteiger partial charge in [-0.15, -0.1) is 6.42 Å². The maximum atomic E-state index is 13.9. The predicted octanol–water partition coefficient (Wildman–Crippen LogP) is 3.31. The average Bonchev–Trinajstić information content (AvgIpc) is 2.41. The summed E-state index contributed by atoms with van der Waals surface area (Å²) in [4.78, 5) is 4.08. The summed E-state index contributed by atoms with van der Waals surface area (Å²) in [5.74, 6) is 2.05. The molecule has 0 aliphatic heterocycles. The van der Waals surface area contributed by atoms with Crippen molar-refractivity contribution in [3.63, 3.8) is 0 Å². The minimum Gasteiger partial charge on any atom is -0.351 e. The molecule has 4 heteroatoms. The molecule has 1 N–H and O–H groups in total. The van der Waals surface area contributed by atoms with E-state index in [9.17, 15) is 4.39 Å². The van der Waals surface area contributed by atoms with Gasteiger partial charge in [-0.25, -0.2) is 4.39 Å². The van der Waals surface area contributed by atoms with Crippen molar-refractivity contribution in [3.8, 4) is 12.3 Å². The number of hydrogen-bond acceptors (Lipinski definition) is 2. The van der Waals surface area contributed by atoms with Gasteiger partial charge in [-0.05, 0) is 37.6 Å². The highest BCUT2D eigenvalue weighted by molar-refractivity contribution is 7.64. The lowest BCUT2D eigenvalue weighted by Crippen LogP contribution is -2.08. The van der Waals surface area contributed by atoms with E-state index in [1.807, 2.05) is 6.07 Å². The molecular weight excluding hydrogens is 258 g/mol. The second-order valence-electron chi connectivity index (χ2n) is 4.25. The van der Waals surface area contributed by atoms with Gasteiger partial charge in [0, 0.05) is 17.1 Å². The molecule has 2 nitrogen and oxygen atoms in total. The van der Waals surface area contributed by atoms with Crippen LogP contribution in [0.2, 0.25) is 0 Å². The molecule has 0 radical (unpaired) electrons. The fraction of sp³-hybridized carbons (Fsp3) is 0.133. The van der Waals surface area contributed by atoms with Gasteiger partial charge in [-0.2, -0.15) is 0 Å². The fourth-order valence-electron chi connectivity index (χ4n) is 1.72. The van der Waals surface area contributed by atoms with E-state index in [0.717, 1.165) is 11.0 Å². The van der Waals surface area contributed by atoms with E-state index >= 15 is 0 Å². The van der Waals surface area contributed by atoms with E-state index in [2.05, 4.69) is 29.6 Å². The molecule has 0 saturated carbocycles. The lowest BCUT2D eigenvalue weighted by Gasteiger charge is -2.14. The summed E-state index contributed by atoms with van der Waals surface area (Å²) in [7, 11) is -0.289. The molecule has 1 heterocycles. The minimum atomic E-state index is -0.359. The monoisotopic (exact) mass is 272 g/mol. The van der Waals surface area contributed by atoms with Crippen molar-refractivity contribution in [1.29, 1.82) is 0 Å². The number of halogens is 1. The van der Waals surface area contributed by atoms with Gasteiger partial charge in [0.25, 0.3) is 0 Å². The topological polar surface area (TPSA) is 24.9 Å². The Morgan fingerprint density at radius 2 is 2.05 bits per heavy atom. The highest BCUT2D eigenvalue weighted by Crippen LogP contribution is 2.29. The number of benzene rings is 1. The van der Waals surface area contributed by atoms with Crippen LogP contribution in [0.5, 0.6) is 0 Å². The molecule has 96 valence electrons. The Hall–Kier alpha value is -1.91. The molecule has 19 heavy (non-hydrogen) atoms. The second kappa shape index (κ2) is 5.82. The van der Waals surface area contributed by atoms with Gasteiger partial charge in [-0.3, -0.25) is 4.98 Å². The Morgan fingerprint density at radius 1 is 1.26 bits per heavy atom. The van der Waals surface area contributed by atoms with Crippen molar-refractivity contribution in [2.75, 3.05) is 18.6 Å². The van der Waals surface area contributed by atoms with E-state index < -0.39 is 0 Å². The first-order chi connectivity index (χ1) is 9.11. The first-order valence-corrected chi connectivity index (χ1v) is 8.00. The summed E-state index contributed by atoms with van der Waals surface area (Å²) in [6, 6.07) is 6.66. The molecule has 0 saturated heterocycles. The van der Waals surface area contributed by atoms with E-state index in [0.29, 0.717) is 11.3 Å². The Labute approximate surface area is 113 Å². The standard InChI is InChI=1S/C15H14FN2P/c1-4-11-5-6-13(12(16)9-11)18-14-10-17-8-7-15(14)19(2)3/h1,5-10,18H,2-3H3. The summed E-state index contributed by atoms with van der Waals surface area (Å²) in [6.45, 7) is 4.29. The summed E-state index contributed by atoms with van der Waals surface area (Å²) < 4.78 is 13.9. The number of rotatable bonds is 3. The van der Waals surface area contributed by atoms with Crippen molar-refractivity contribution in [3.05, 3.63) is 48.0 Å². The summed E-state index contributed by atoms with van der Waals surface area (Å²) in [5.41, 5.74) is 1.78. The van der Waals surface area contributed by atoms with Crippen molar-refractivity contribution >= 4 is 24.6 Å². The van der Waals surface area contributed by atoms with Gasteiger partial charge in [0.2, 0.25) is 0 Å². The predicted molar refractivity (Wildman–Crippen MR) is 80.3 cm³/mol. The van der Waals surface area contributed by atoms with Gasteiger partial charge >= 0.3 is 0 Å². The number of aromatic nitrogens is 1. The lowest BCUT2D eigenvalue weighted by atomic mass is 10.2. The van der Waals surface area contributed by atoms with E-state index in [1.165, 1.54) is 6.07 Å². The third kappa shape index (κ3) is 3.10. The van der Waals surface area contributed by atoms with Crippen LogP contribution in [0.3, 0.4) is 0 Å². The molecule has 0 aliphatic carbocycles. The number of nitrogens with zero attached hydrogens (tertiary/aromatic N) is 1. The zero-order chi connectivity index (χ0) is 13.8. The first-order valence-electron chi connectivity index (χ1n) is 5.76. The van der Waals surface area contributed by atoms with E-state index in [4.69, 9.17) is 6.42 Å². The number of anilines is 2. The zero-order valence-corrected chi connectivity index (χ0v) is 11.7. The van der Waals surface area contributed by atoms with Gasteiger partial charge in [0.1, 0.15) is 5.82 Å². The summed E-state index contributed by atoms with van der Waals surface area (Å²) >= 11 is 0. The van der Waals surface area contributed by atoms with Crippen LogP contribution in [0.1, 0.15) is 5.56 Å². The number of hydrogen-bond donors (Lipinski definition) is 1. The molecule has 2 rings (SSSR count). The maximum absolute atomic E-state index is 13.9. The van der Waals surface area contributed by atoms with Crippen molar-refractivity contribution < 1.29 is 4.39 Å². The van der Waals surface area contributed by atoms with Crippen LogP contribution in [-0.4, -0.2) is 18.3 Å². The third-order valence-corrected chi connectivity index (χ3v) is 4.04. The third-order valence-electron chi connectivity index (χ3n) is 2.68. The Kier molecular flexibility index (Phi) is 4.14. The van der Waals surface area contributed by atoms with Crippen molar-refractivity contribution in [1.82, 2.24) is 4.98 Å². The summed E-state index contributed by atoms with van der Waals surface area (Å²) in [6.07, 6.45) is 8.71. The van der Waals surface area contributed by atoms with Crippen LogP contribution in [0.4, 0.5) is 15.8 Å². The second-order valence-corrected chi connectivity index (χ2v) is 6.52. The largest absolute Gasteiger partial charge is 0.351 e. The molecule has 0 bridgehead atoms. The zero-order valence-electron chi connectivity index (χ0n) is 10.8. The smallest absolute Gasteiger partial charge is 0.147 e. The average molecular weight is 272 g/mol. The lowest BCUT2D eigenvalue weighted by molar-refractivity contribution is 0.631. The fourth-order valence-corrected chi connectivity index (χ4v) is 2.69. The molecule has 2 aromatic rings. The molecular formula is C15H14FN2P. The van der Waals surface area contributed by atoms with Crippen LogP contribution in [-0.2, 0) is 0 Å². The van der Waals surface area contributed by atoms with E-state index in [-0.39, 0.29) is 13.7 Å². The van der Waals surface area contributed by atoms with Gasteiger partial charge in [0.05, 0.1) is 17.6 Å². The highest BCUT2D eigenvalue weighted by atomic mass is 31.1. The van der Waals surface area contributed by atoms with Crippen LogP contribution in [0.15, 0.2) is 36.7 Å². The first kappa shape index (κ1) is 13.5. The van der Waals surface area contributed by atoms with Gasteiger partial charge in [0.15, 0.2) is 0 Å². The number of nitrogens with one attached hydrogen (secondary N) is 1. The Balaban J connectivity index is 2.34. The molecule has 0 atom stereocenters. The molecule has 0 aliphatic rings.